The summed E-state index contributed by atoms with van der Waals surface area (Å²) in [6.45, 7) is 6.93. The molecule has 0 aliphatic rings. The largest absolute Gasteiger partial charge is 0.338 e. The van der Waals surface area contributed by atoms with Gasteiger partial charge in [0.25, 0.3) is 7.37 Å². The van der Waals surface area contributed by atoms with Crippen LogP contribution >= 0.6 is 16.6 Å². The van der Waals surface area contributed by atoms with Gasteiger partial charge in [-0.3, -0.25) is 4.57 Å². The van der Waals surface area contributed by atoms with Gasteiger partial charge in [-0.05, 0) is 48.7 Å². The van der Waals surface area contributed by atoms with E-state index in [0.29, 0.717) is 15.8 Å². The van der Waals surface area contributed by atoms with Crippen LogP contribution in [0.25, 0.3) is 0 Å². The van der Waals surface area contributed by atoms with Crippen molar-refractivity contribution in [2.75, 3.05) is 0 Å². The summed E-state index contributed by atoms with van der Waals surface area (Å²) in [5, 5.41) is 1.50. The van der Waals surface area contributed by atoms with E-state index in [1.807, 2.05) is 12.1 Å². The molecule has 2 aromatic carbocycles. The molecule has 0 fully saturated rings. The predicted molar refractivity (Wildman–Crippen MR) is 161 cm³/mol. The summed E-state index contributed by atoms with van der Waals surface area (Å²) in [6.07, 6.45) is 21.3. The zero-order valence-corrected chi connectivity index (χ0v) is 24.8. The summed E-state index contributed by atoms with van der Waals surface area (Å²) in [4.78, 5) is 10.0. The van der Waals surface area contributed by atoms with Gasteiger partial charge >= 0.3 is 0 Å². The highest BCUT2D eigenvalue weighted by atomic mass is 31.2. The first-order valence-corrected chi connectivity index (χ1v) is 16.4. The topological polar surface area (TPSA) is 37.3 Å². The summed E-state index contributed by atoms with van der Waals surface area (Å²) in [5.74, 6) is 0. The van der Waals surface area contributed by atoms with Crippen molar-refractivity contribution < 1.29 is 9.46 Å². The highest BCUT2D eigenvalue weighted by Crippen LogP contribution is 2.38. The average Bonchev–Trinajstić information content (AvgIpc) is 2.89. The molecule has 35 heavy (non-hydrogen) atoms. The SMILES string of the molecule is CCCCCCC(P)(CCCCCC)CCCCCC.O=P(O)(c1ccccc1)c1ccccc1. The van der Waals surface area contributed by atoms with Crippen molar-refractivity contribution in [2.24, 2.45) is 0 Å². The molecule has 198 valence electrons. The zero-order valence-electron chi connectivity index (χ0n) is 22.8. The molecule has 0 aliphatic heterocycles. The van der Waals surface area contributed by atoms with E-state index in [4.69, 9.17) is 0 Å². The number of hydrogen-bond acceptors (Lipinski definition) is 1. The van der Waals surface area contributed by atoms with E-state index >= 15 is 0 Å². The lowest BCUT2D eigenvalue weighted by atomic mass is 9.88. The second-order valence-electron chi connectivity index (χ2n) is 10.0. The van der Waals surface area contributed by atoms with Gasteiger partial charge in [-0.25, -0.2) is 0 Å². The normalized spacial score (nSPS) is 11.7. The van der Waals surface area contributed by atoms with E-state index < -0.39 is 7.37 Å². The minimum Gasteiger partial charge on any atom is -0.338 e. The van der Waals surface area contributed by atoms with Crippen molar-refractivity contribution in [3.8, 4) is 0 Å². The molecule has 2 aromatic rings. The van der Waals surface area contributed by atoms with E-state index in [-0.39, 0.29) is 0 Å². The number of hydrogen-bond donors (Lipinski definition) is 1. The first-order chi connectivity index (χ1) is 16.9. The molecule has 0 aliphatic carbocycles. The van der Waals surface area contributed by atoms with E-state index in [1.54, 1.807) is 48.5 Å². The third kappa shape index (κ3) is 13.8. The Balaban J connectivity index is 0.000000362. The molecular formula is C31H52O2P2. The van der Waals surface area contributed by atoms with Gasteiger partial charge in [-0.15, -0.1) is 9.24 Å². The van der Waals surface area contributed by atoms with Crippen LogP contribution in [0.1, 0.15) is 117 Å². The predicted octanol–water partition coefficient (Wildman–Crippen LogP) is 9.42. The van der Waals surface area contributed by atoms with Gasteiger partial charge in [0.15, 0.2) is 0 Å². The Labute approximate surface area is 219 Å². The van der Waals surface area contributed by atoms with Gasteiger partial charge in [0, 0.05) is 10.6 Å². The molecule has 0 heterocycles. The Kier molecular flexibility index (Phi) is 17.6. The van der Waals surface area contributed by atoms with Crippen molar-refractivity contribution in [3.63, 3.8) is 0 Å². The fraction of sp³-hybridized carbons (Fsp3) is 0.613. The van der Waals surface area contributed by atoms with E-state index in [2.05, 4.69) is 30.0 Å². The van der Waals surface area contributed by atoms with E-state index in [0.717, 1.165) is 0 Å². The fourth-order valence-electron chi connectivity index (χ4n) is 4.50. The molecule has 1 N–H and O–H groups in total. The molecule has 0 spiro atoms. The van der Waals surface area contributed by atoms with E-state index in [1.165, 1.54) is 96.3 Å². The molecule has 0 radical (unpaired) electrons. The Morgan fingerprint density at radius 3 is 1.20 bits per heavy atom. The first kappa shape index (κ1) is 32.1. The lowest BCUT2D eigenvalue weighted by Gasteiger charge is -2.30. The van der Waals surface area contributed by atoms with Crippen molar-refractivity contribution in [1.29, 1.82) is 0 Å². The molecule has 1 unspecified atom stereocenters. The van der Waals surface area contributed by atoms with Gasteiger partial charge in [-0.1, -0.05) is 134 Å². The molecule has 0 saturated heterocycles. The van der Waals surface area contributed by atoms with E-state index in [9.17, 15) is 9.46 Å². The molecule has 0 amide bonds. The van der Waals surface area contributed by atoms with Gasteiger partial charge in [0.05, 0.1) is 0 Å². The van der Waals surface area contributed by atoms with Crippen LogP contribution in [0.4, 0.5) is 0 Å². The molecule has 4 heteroatoms. The zero-order chi connectivity index (χ0) is 25.8. The van der Waals surface area contributed by atoms with Crippen LogP contribution in [0.5, 0.6) is 0 Å². The third-order valence-electron chi connectivity index (χ3n) is 6.80. The Morgan fingerprint density at radius 2 is 0.914 bits per heavy atom. The molecule has 0 bridgehead atoms. The monoisotopic (exact) mass is 518 g/mol. The molecule has 0 aromatic heterocycles. The van der Waals surface area contributed by atoms with Gasteiger partial charge in [0.2, 0.25) is 0 Å². The van der Waals surface area contributed by atoms with Gasteiger partial charge in [-0.2, -0.15) is 0 Å². The standard InChI is InChI=1S/C19H41P.C12H11O2P/c1-4-7-10-13-16-19(20,17-14-11-8-5-2)18-15-12-9-6-3;13-15(14,11-7-3-1-4-8-11)12-9-5-2-6-10-12/h4-18,20H2,1-3H3;1-10H,(H,13,14). The maximum Gasteiger partial charge on any atom is 0.258 e. The van der Waals surface area contributed by atoms with Gasteiger partial charge in [0.1, 0.15) is 0 Å². The van der Waals surface area contributed by atoms with Crippen molar-refractivity contribution in [3.05, 3.63) is 60.7 Å². The van der Waals surface area contributed by atoms with Crippen molar-refractivity contribution >= 4 is 27.2 Å². The van der Waals surface area contributed by atoms with Crippen molar-refractivity contribution in [2.45, 2.75) is 122 Å². The lowest BCUT2D eigenvalue weighted by Crippen LogP contribution is -2.20. The minimum atomic E-state index is -3.40. The summed E-state index contributed by atoms with van der Waals surface area (Å²) >= 11 is 0. The van der Waals surface area contributed by atoms with Crippen LogP contribution in [-0.2, 0) is 4.57 Å². The summed E-state index contributed by atoms with van der Waals surface area (Å²) in [5.41, 5.74) is 0. The molecule has 0 saturated carbocycles. The maximum atomic E-state index is 12.2. The maximum absolute atomic E-state index is 12.2. The first-order valence-electron chi connectivity index (χ1n) is 14.1. The third-order valence-corrected chi connectivity index (χ3v) is 9.66. The number of unbranched alkanes of at least 4 members (excludes halogenated alkanes) is 9. The highest BCUT2D eigenvalue weighted by molar-refractivity contribution is 7.73. The minimum absolute atomic E-state index is 0.469. The smallest absolute Gasteiger partial charge is 0.258 e. The Hall–Kier alpha value is -0.940. The summed E-state index contributed by atoms with van der Waals surface area (Å²) in [6, 6.07) is 17.4. The Bertz CT molecular complexity index is 717. The van der Waals surface area contributed by atoms with Gasteiger partial charge < -0.3 is 4.89 Å². The summed E-state index contributed by atoms with van der Waals surface area (Å²) < 4.78 is 12.2. The number of rotatable bonds is 17. The van der Waals surface area contributed by atoms with Crippen LogP contribution in [-0.4, -0.2) is 10.0 Å². The second-order valence-corrected chi connectivity index (χ2v) is 13.5. The fourth-order valence-corrected chi connectivity index (χ4v) is 6.56. The van der Waals surface area contributed by atoms with Crippen LogP contribution in [0.15, 0.2) is 60.7 Å². The van der Waals surface area contributed by atoms with Crippen LogP contribution in [0, 0.1) is 0 Å². The Morgan fingerprint density at radius 1 is 0.600 bits per heavy atom. The highest BCUT2D eigenvalue weighted by Gasteiger charge is 2.23. The summed E-state index contributed by atoms with van der Waals surface area (Å²) in [7, 11) is -0.123. The molecule has 2 rings (SSSR count). The number of benzene rings is 2. The molecule has 1 atom stereocenters. The average molecular weight is 519 g/mol. The molecular weight excluding hydrogens is 466 g/mol. The van der Waals surface area contributed by atoms with Crippen LogP contribution in [0.2, 0.25) is 0 Å². The lowest BCUT2D eigenvalue weighted by molar-refractivity contribution is 0.406. The van der Waals surface area contributed by atoms with Crippen LogP contribution < -0.4 is 10.6 Å². The quantitative estimate of drug-likeness (QED) is 0.167. The molecule has 2 nitrogen and oxygen atoms in total. The van der Waals surface area contributed by atoms with Crippen molar-refractivity contribution in [1.82, 2.24) is 0 Å². The van der Waals surface area contributed by atoms with Crippen LogP contribution in [0.3, 0.4) is 0 Å². The second kappa shape index (κ2) is 19.2.